The maximum atomic E-state index is 12.7. The summed E-state index contributed by atoms with van der Waals surface area (Å²) in [5, 5.41) is 3.96. The molecule has 0 saturated heterocycles. The van der Waals surface area contributed by atoms with E-state index in [1.54, 1.807) is 4.31 Å². The first-order valence-electron chi connectivity index (χ1n) is 12.7. The van der Waals surface area contributed by atoms with E-state index < -0.39 is 15.6 Å². The minimum atomic E-state index is -3.35. The van der Waals surface area contributed by atoms with E-state index in [4.69, 9.17) is 4.74 Å². The molecule has 1 aliphatic rings. The first-order valence-corrected chi connectivity index (χ1v) is 14.6. The quantitative estimate of drug-likeness (QED) is 0.193. The highest BCUT2D eigenvalue weighted by molar-refractivity contribution is 7.88. The SMILES string of the molecule is C=NNC1=C/CC(N(C)CCOCC)C=C/C(N(C)CC(C)(C)N(CCCC)S(C)(=O)=O)=C\1CC. The van der Waals surface area contributed by atoms with Crippen molar-refractivity contribution in [3.05, 3.63) is 35.2 Å². The molecule has 1 N–H and O–H groups in total. The average molecular weight is 512 g/mol. The molecule has 0 bridgehead atoms. The van der Waals surface area contributed by atoms with Gasteiger partial charge >= 0.3 is 0 Å². The Morgan fingerprint density at radius 1 is 1.23 bits per heavy atom. The Bertz CT molecular complexity index is 864. The van der Waals surface area contributed by atoms with Crippen molar-refractivity contribution in [2.75, 3.05) is 53.2 Å². The minimum absolute atomic E-state index is 0.198. The molecule has 9 heteroatoms. The molecule has 0 aromatic carbocycles. The summed E-state index contributed by atoms with van der Waals surface area (Å²) >= 11 is 0. The molecule has 0 spiro atoms. The highest BCUT2D eigenvalue weighted by atomic mass is 32.2. The molecule has 0 aromatic rings. The van der Waals surface area contributed by atoms with Crippen LogP contribution in [0.1, 0.15) is 60.3 Å². The summed E-state index contributed by atoms with van der Waals surface area (Å²) in [6, 6.07) is 0.198. The number of nitrogens with zero attached hydrogens (tertiary/aromatic N) is 4. The van der Waals surface area contributed by atoms with Crippen molar-refractivity contribution in [1.29, 1.82) is 0 Å². The molecule has 0 aromatic heterocycles. The van der Waals surface area contributed by atoms with Gasteiger partial charge in [0.2, 0.25) is 10.0 Å². The summed E-state index contributed by atoms with van der Waals surface area (Å²) in [4.78, 5) is 4.46. The predicted molar refractivity (Wildman–Crippen MR) is 148 cm³/mol. The van der Waals surface area contributed by atoms with Gasteiger partial charge in [-0.15, -0.1) is 0 Å². The second-order valence-corrected chi connectivity index (χ2v) is 11.7. The average Bonchev–Trinajstić information content (AvgIpc) is 2.74. The first-order chi connectivity index (χ1) is 16.4. The fourth-order valence-corrected chi connectivity index (χ4v) is 6.03. The molecule has 8 nitrogen and oxygen atoms in total. The maximum Gasteiger partial charge on any atom is 0.211 e. The molecule has 0 radical (unpaired) electrons. The minimum Gasteiger partial charge on any atom is -0.380 e. The van der Waals surface area contributed by atoms with E-state index in [1.165, 1.54) is 6.26 Å². The number of unbranched alkanes of at least 4 members (excludes halogenated alkanes) is 1. The molecule has 0 saturated carbocycles. The van der Waals surface area contributed by atoms with Gasteiger partial charge in [-0.05, 0) is 58.7 Å². The van der Waals surface area contributed by atoms with Crippen LogP contribution in [0.4, 0.5) is 0 Å². The summed E-state index contributed by atoms with van der Waals surface area (Å²) in [7, 11) is 0.795. The molecule has 0 aliphatic heterocycles. The second-order valence-electron chi connectivity index (χ2n) is 9.80. The molecule has 1 aliphatic carbocycles. The third-order valence-corrected chi connectivity index (χ3v) is 7.89. The van der Waals surface area contributed by atoms with Gasteiger partial charge in [-0.1, -0.05) is 32.4 Å². The lowest BCUT2D eigenvalue weighted by Crippen LogP contribution is -2.53. The maximum absolute atomic E-state index is 12.7. The van der Waals surface area contributed by atoms with Gasteiger partial charge in [0.1, 0.15) is 0 Å². The summed E-state index contributed by atoms with van der Waals surface area (Å²) < 4.78 is 32.5. The van der Waals surface area contributed by atoms with Gasteiger partial charge in [-0.2, -0.15) is 9.41 Å². The van der Waals surface area contributed by atoms with Gasteiger partial charge in [0.25, 0.3) is 0 Å². The van der Waals surface area contributed by atoms with Gasteiger partial charge in [0.05, 0.1) is 18.6 Å². The number of likely N-dealkylation sites (N-methyl/N-ethyl adjacent to an activating group) is 2. The van der Waals surface area contributed by atoms with Crippen molar-refractivity contribution < 1.29 is 13.2 Å². The molecular formula is C26H49N5O3S. The van der Waals surface area contributed by atoms with Crippen LogP contribution < -0.4 is 5.43 Å². The molecule has 1 rings (SSSR count). The molecule has 0 amide bonds. The van der Waals surface area contributed by atoms with Crippen LogP contribution >= 0.6 is 0 Å². The molecule has 0 heterocycles. The normalized spacial score (nSPS) is 21.0. The first kappa shape index (κ1) is 31.4. The summed E-state index contributed by atoms with van der Waals surface area (Å²) in [5.74, 6) is 0. The molecule has 202 valence electrons. The van der Waals surface area contributed by atoms with Crippen molar-refractivity contribution in [3.63, 3.8) is 0 Å². The van der Waals surface area contributed by atoms with Crippen LogP contribution in [-0.4, -0.2) is 94.0 Å². The topological polar surface area (TPSA) is 77.5 Å². The van der Waals surface area contributed by atoms with Crippen LogP contribution in [0, 0.1) is 0 Å². The standard InChI is InChI=1S/C26H49N5O3S/c1-10-13-18-31(35(9,32)33)26(4,5)21-30(8)25-17-15-22(29(7)19-20-34-12-3)14-16-24(28-27-6)23(25)11-2/h15-17,22,28H,6,10-14,18-21H2,1-5,7-9H3/b17-15?,24-16+,25-23+. The Kier molecular flexibility index (Phi) is 13.2. The zero-order valence-corrected chi connectivity index (χ0v) is 24.1. The third-order valence-electron chi connectivity index (χ3n) is 6.41. The largest absolute Gasteiger partial charge is 0.380 e. The van der Waals surface area contributed by atoms with Gasteiger partial charge in [0.15, 0.2) is 0 Å². The molecule has 1 unspecified atom stereocenters. The number of ether oxygens (including phenoxy) is 1. The van der Waals surface area contributed by atoms with Crippen molar-refractivity contribution in [2.45, 2.75) is 71.9 Å². The van der Waals surface area contributed by atoms with E-state index in [9.17, 15) is 8.42 Å². The van der Waals surface area contributed by atoms with Crippen LogP contribution in [0.2, 0.25) is 0 Å². The van der Waals surface area contributed by atoms with E-state index in [-0.39, 0.29) is 6.04 Å². The predicted octanol–water partition coefficient (Wildman–Crippen LogP) is 3.81. The van der Waals surface area contributed by atoms with Gasteiger partial charge < -0.3 is 9.64 Å². The number of hydrogen-bond donors (Lipinski definition) is 1. The second kappa shape index (κ2) is 14.8. The van der Waals surface area contributed by atoms with E-state index >= 15 is 0 Å². The van der Waals surface area contributed by atoms with Crippen LogP contribution in [0.15, 0.2) is 40.3 Å². The highest BCUT2D eigenvalue weighted by Crippen LogP contribution is 2.28. The van der Waals surface area contributed by atoms with Crippen LogP contribution in [0.5, 0.6) is 0 Å². The van der Waals surface area contributed by atoms with E-state index in [0.717, 1.165) is 49.2 Å². The molecule has 0 fully saturated rings. The Hall–Kier alpha value is -1.68. The van der Waals surface area contributed by atoms with Gasteiger partial charge in [-0.25, -0.2) is 8.42 Å². The smallest absolute Gasteiger partial charge is 0.211 e. The van der Waals surface area contributed by atoms with Crippen LogP contribution in [-0.2, 0) is 14.8 Å². The Morgan fingerprint density at radius 3 is 2.46 bits per heavy atom. The fraction of sp³-hybridized carbons (Fsp3) is 0.731. The van der Waals surface area contributed by atoms with Gasteiger partial charge in [0, 0.05) is 57.3 Å². The lowest BCUT2D eigenvalue weighted by molar-refractivity contribution is 0.114. The highest BCUT2D eigenvalue weighted by Gasteiger charge is 2.35. The summed E-state index contributed by atoms with van der Waals surface area (Å²) in [6.07, 6.45) is 11.3. The van der Waals surface area contributed by atoms with E-state index in [1.807, 2.05) is 27.8 Å². The van der Waals surface area contributed by atoms with Crippen molar-refractivity contribution in [3.8, 4) is 0 Å². The number of nitrogens with one attached hydrogen (secondary N) is 1. The summed E-state index contributed by atoms with van der Waals surface area (Å²) in [5.41, 5.74) is 5.64. The Labute approximate surface area is 214 Å². The van der Waals surface area contributed by atoms with E-state index in [0.29, 0.717) is 26.3 Å². The Morgan fingerprint density at radius 2 is 1.91 bits per heavy atom. The number of sulfonamides is 1. The monoisotopic (exact) mass is 511 g/mol. The van der Waals surface area contributed by atoms with Gasteiger partial charge in [-0.3, -0.25) is 10.3 Å². The third kappa shape index (κ3) is 9.71. The zero-order valence-electron chi connectivity index (χ0n) is 23.3. The number of hydrazone groups is 1. The van der Waals surface area contributed by atoms with Crippen molar-refractivity contribution in [2.24, 2.45) is 5.10 Å². The number of rotatable bonds is 16. The lowest BCUT2D eigenvalue weighted by Gasteiger charge is -2.41. The van der Waals surface area contributed by atoms with Crippen LogP contribution in [0.25, 0.3) is 0 Å². The summed E-state index contributed by atoms with van der Waals surface area (Å²) in [6.45, 7) is 17.2. The molecule has 35 heavy (non-hydrogen) atoms. The Balaban J connectivity index is 3.35. The van der Waals surface area contributed by atoms with Crippen LogP contribution in [0.3, 0.4) is 0 Å². The fourth-order valence-electron chi connectivity index (χ4n) is 4.62. The van der Waals surface area contributed by atoms with Crippen molar-refractivity contribution in [1.82, 2.24) is 19.5 Å². The number of allylic oxidation sites excluding steroid dienone is 2. The zero-order chi connectivity index (χ0) is 26.6. The molecular weight excluding hydrogens is 462 g/mol. The van der Waals surface area contributed by atoms with E-state index in [2.05, 4.69) is 66.2 Å². The number of hydrogen-bond acceptors (Lipinski definition) is 7. The lowest BCUT2D eigenvalue weighted by atomic mass is 9.97. The molecule has 1 atom stereocenters. The van der Waals surface area contributed by atoms with Crippen molar-refractivity contribution >= 4 is 16.7 Å².